The maximum Gasteiger partial charge on any atom is 0.321 e. The van der Waals surface area contributed by atoms with Crippen LogP contribution in [0.1, 0.15) is 26.7 Å². The molecule has 6 heteroatoms. The van der Waals surface area contributed by atoms with Crippen LogP contribution in [0.2, 0.25) is 0 Å². The van der Waals surface area contributed by atoms with Gasteiger partial charge < -0.3 is 15.1 Å². The van der Waals surface area contributed by atoms with Crippen LogP contribution in [0, 0.1) is 11.8 Å². The summed E-state index contributed by atoms with van der Waals surface area (Å²) < 4.78 is 0. The molecule has 1 aromatic carbocycles. The van der Waals surface area contributed by atoms with Gasteiger partial charge in [-0.25, -0.2) is 4.79 Å². The van der Waals surface area contributed by atoms with Crippen LogP contribution in [0.5, 0.6) is 0 Å². The molecule has 2 saturated heterocycles. The Hall–Kier alpha value is -2.08. The van der Waals surface area contributed by atoms with Gasteiger partial charge in [-0.05, 0) is 30.9 Å². The van der Waals surface area contributed by atoms with Crippen molar-refractivity contribution in [2.45, 2.75) is 26.7 Å². The fourth-order valence-corrected chi connectivity index (χ4v) is 4.01. The normalized spacial score (nSPS) is 21.4. The second-order valence-corrected chi connectivity index (χ2v) is 8.10. The molecule has 3 amide bonds. The second kappa shape index (κ2) is 9.22. The second-order valence-electron chi connectivity index (χ2n) is 8.10. The fraction of sp³-hybridized carbons (Fsp3) is 0.619. The number of hydrogen-bond donors (Lipinski definition) is 1. The summed E-state index contributed by atoms with van der Waals surface area (Å²) in [4.78, 5) is 31.7. The number of benzene rings is 1. The molecule has 1 N–H and O–H groups in total. The van der Waals surface area contributed by atoms with E-state index in [1.54, 1.807) is 4.90 Å². The highest BCUT2D eigenvalue weighted by atomic mass is 16.2. The average Bonchev–Trinajstić information content (AvgIpc) is 2.68. The van der Waals surface area contributed by atoms with Crippen molar-refractivity contribution in [1.82, 2.24) is 14.7 Å². The zero-order valence-corrected chi connectivity index (χ0v) is 16.6. The predicted molar refractivity (Wildman–Crippen MR) is 108 cm³/mol. The summed E-state index contributed by atoms with van der Waals surface area (Å²) in [5.41, 5.74) is 0.789. The predicted octanol–water partition coefficient (Wildman–Crippen LogP) is 2.73. The first-order chi connectivity index (χ1) is 13.0. The molecule has 1 unspecified atom stereocenters. The zero-order valence-electron chi connectivity index (χ0n) is 16.6. The van der Waals surface area contributed by atoms with Gasteiger partial charge in [0.2, 0.25) is 5.91 Å². The summed E-state index contributed by atoms with van der Waals surface area (Å²) in [6.45, 7) is 10.3. The quantitative estimate of drug-likeness (QED) is 0.884. The lowest BCUT2D eigenvalue weighted by atomic mass is 9.96. The fourth-order valence-electron chi connectivity index (χ4n) is 4.01. The molecule has 1 atom stereocenters. The van der Waals surface area contributed by atoms with E-state index in [0.717, 1.165) is 51.3 Å². The summed E-state index contributed by atoms with van der Waals surface area (Å²) in [6.07, 6.45) is 1.76. The minimum Gasteiger partial charge on any atom is -0.340 e. The lowest BCUT2D eigenvalue weighted by Gasteiger charge is -2.39. The van der Waals surface area contributed by atoms with Gasteiger partial charge in [0, 0.05) is 51.5 Å². The van der Waals surface area contributed by atoms with Crippen molar-refractivity contribution in [1.29, 1.82) is 0 Å². The van der Waals surface area contributed by atoms with E-state index in [9.17, 15) is 9.59 Å². The maximum atomic E-state index is 13.0. The van der Waals surface area contributed by atoms with Crippen molar-refractivity contribution in [3.63, 3.8) is 0 Å². The van der Waals surface area contributed by atoms with Crippen LogP contribution in [0.4, 0.5) is 10.5 Å². The molecule has 3 rings (SSSR count). The highest BCUT2D eigenvalue weighted by Gasteiger charge is 2.32. The number of nitrogens with one attached hydrogen (secondary N) is 1. The molecule has 0 aromatic heterocycles. The molecule has 2 aliphatic heterocycles. The van der Waals surface area contributed by atoms with E-state index >= 15 is 0 Å². The number of para-hydroxylation sites is 1. The molecular formula is C21H32N4O2. The van der Waals surface area contributed by atoms with Crippen molar-refractivity contribution in [3.05, 3.63) is 30.3 Å². The molecule has 148 valence electrons. The number of nitrogens with zero attached hydrogens (tertiary/aromatic N) is 3. The van der Waals surface area contributed by atoms with Crippen LogP contribution in [0.3, 0.4) is 0 Å². The van der Waals surface area contributed by atoms with Gasteiger partial charge in [0.1, 0.15) is 0 Å². The van der Waals surface area contributed by atoms with Crippen LogP contribution < -0.4 is 5.32 Å². The summed E-state index contributed by atoms with van der Waals surface area (Å²) in [6, 6.07) is 9.36. The van der Waals surface area contributed by atoms with Crippen molar-refractivity contribution in [2.75, 3.05) is 51.1 Å². The van der Waals surface area contributed by atoms with Gasteiger partial charge >= 0.3 is 6.03 Å². The molecule has 2 aliphatic rings. The van der Waals surface area contributed by atoms with Crippen LogP contribution in [-0.2, 0) is 4.79 Å². The van der Waals surface area contributed by atoms with Gasteiger partial charge in [0.15, 0.2) is 0 Å². The Morgan fingerprint density at radius 3 is 2.41 bits per heavy atom. The van der Waals surface area contributed by atoms with Crippen molar-refractivity contribution in [3.8, 4) is 0 Å². The monoisotopic (exact) mass is 372 g/mol. The lowest BCUT2D eigenvalue weighted by Crippen LogP contribution is -2.53. The number of urea groups is 1. The summed E-state index contributed by atoms with van der Waals surface area (Å²) >= 11 is 0. The Morgan fingerprint density at radius 1 is 1.04 bits per heavy atom. The highest BCUT2D eigenvalue weighted by molar-refractivity contribution is 5.90. The summed E-state index contributed by atoms with van der Waals surface area (Å²) in [5, 5.41) is 2.93. The Bertz CT molecular complexity index is 626. The molecule has 1 aromatic rings. The third-order valence-corrected chi connectivity index (χ3v) is 5.39. The smallest absolute Gasteiger partial charge is 0.321 e. The number of amides is 3. The zero-order chi connectivity index (χ0) is 19.2. The SMILES string of the molecule is CC(C)CN1CCN(C(=O)C2CCCN(C(=O)Nc3ccccc3)C2)CC1. The Kier molecular flexibility index (Phi) is 6.72. The number of anilines is 1. The van der Waals surface area contributed by atoms with Crippen LogP contribution in [0.15, 0.2) is 30.3 Å². The largest absolute Gasteiger partial charge is 0.340 e. The lowest BCUT2D eigenvalue weighted by molar-refractivity contribution is -0.138. The van der Waals surface area contributed by atoms with Gasteiger partial charge in [-0.2, -0.15) is 0 Å². The van der Waals surface area contributed by atoms with Gasteiger partial charge in [-0.3, -0.25) is 9.69 Å². The van der Waals surface area contributed by atoms with Crippen LogP contribution in [-0.4, -0.2) is 72.5 Å². The Labute approximate surface area is 162 Å². The Balaban J connectivity index is 1.50. The first-order valence-electron chi connectivity index (χ1n) is 10.1. The van der Waals surface area contributed by atoms with E-state index in [2.05, 4.69) is 24.1 Å². The van der Waals surface area contributed by atoms with E-state index in [0.29, 0.717) is 19.0 Å². The van der Waals surface area contributed by atoms with Crippen molar-refractivity contribution in [2.24, 2.45) is 11.8 Å². The van der Waals surface area contributed by atoms with E-state index in [1.807, 2.05) is 35.2 Å². The van der Waals surface area contributed by atoms with Gasteiger partial charge in [-0.15, -0.1) is 0 Å². The molecule has 27 heavy (non-hydrogen) atoms. The van der Waals surface area contributed by atoms with Crippen molar-refractivity contribution < 1.29 is 9.59 Å². The molecular weight excluding hydrogens is 340 g/mol. The molecule has 0 spiro atoms. The van der Waals surface area contributed by atoms with Crippen LogP contribution in [0.25, 0.3) is 0 Å². The average molecular weight is 373 g/mol. The molecule has 0 radical (unpaired) electrons. The van der Waals surface area contributed by atoms with Gasteiger partial charge in [0.25, 0.3) is 0 Å². The molecule has 0 saturated carbocycles. The van der Waals surface area contributed by atoms with Gasteiger partial charge in [0.05, 0.1) is 5.92 Å². The highest BCUT2D eigenvalue weighted by Crippen LogP contribution is 2.21. The third kappa shape index (κ3) is 5.45. The number of carbonyl (C=O) groups excluding carboxylic acids is 2. The van der Waals surface area contributed by atoms with Gasteiger partial charge in [-0.1, -0.05) is 32.0 Å². The third-order valence-electron chi connectivity index (χ3n) is 5.39. The standard InChI is InChI=1S/C21H32N4O2/c1-17(2)15-23-11-13-24(14-12-23)20(26)18-7-6-10-25(16-18)21(27)22-19-8-4-3-5-9-19/h3-5,8-9,17-18H,6-7,10-16H2,1-2H3,(H,22,27). The first kappa shape index (κ1) is 19.7. The molecule has 6 nitrogen and oxygen atoms in total. The van der Waals surface area contributed by atoms with E-state index in [-0.39, 0.29) is 17.9 Å². The van der Waals surface area contributed by atoms with E-state index in [1.165, 1.54) is 0 Å². The molecule has 2 fully saturated rings. The molecule has 0 bridgehead atoms. The number of piperidine rings is 1. The van der Waals surface area contributed by atoms with Crippen molar-refractivity contribution >= 4 is 17.6 Å². The maximum absolute atomic E-state index is 13.0. The van der Waals surface area contributed by atoms with Crippen LogP contribution >= 0.6 is 0 Å². The topological polar surface area (TPSA) is 55.9 Å². The Morgan fingerprint density at radius 2 is 1.74 bits per heavy atom. The first-order valence-corrected chi connectivity index (χ1v) is 10.1. The van der Waals surface area contributed by atoms with E-state index < -0.39 is 0 Å². The van der Waals surface area contributed by atoms with E-state index in [4.69, 9.17) is 0 Å². The number of carbonyl (C=O) groups is 2. The molecule has 0 aliphatic carbocycles. The minimum atomic E-state index is -0.111. The number of rotatable bonds is 4. The number of piperazine rings is 1. The summed E-state index contributed by atoms with van der Waals surface area (Å²) in [7, 11) is 0. The number of hydrogen-bond acceptors (Lipinski definition) is 3. The number of likely N-dealkylation sites (tertiary alicyclic amines) is 1. The molecule has 2 heterocycles. The summed E-state index contributed by atoms with van der Waals surface area (Å²) in [5.74, 6) is 0.801. The minimum absolute atomic E-state index is 0.0723.